The zero-order valence-electron chi connectivity index (χ0n) is 19.6. The molecule has 194 valence electrons. The quantitative estimate of drug-likeness (QED) is 0.498. The number of nitriles is 1. The zero-order chi connectivity index (χ0) is 26.7. The van der Waals surface area contributed by atoms with E-state index < -0.39 is 23.8 Å². The fourth-order valence-corrected chi connectivity index (χ4v) is 4.13. The van der Waals surface area contributed by atoms with Gasteiger partial charge < -0.3 is 25.4 Å². The van der Waals surface area contributed by atoms with Crippen LogP contribution >= 0.6 is 0 Å². The van der Waals surface area contributed by atoms with Gasteiger partial charge in [0.25, 0.3) is 5.91 Å². The second-order valence-electron chi connectivity index (χ2n) is 8.73. The van der Waals surface area contributed by atoms with Crippen LogP contribution < -0.4 is 20.3 Å². The van der Waals surface area contributed by atoms with Gasteiger partial charge in [0.15, 0.2) is 11.6 Å². The van der Waals surface area contributed by atoms with Crippen LogP contribution in [0, 0.1) is 23.1 Å². The third-order valence-electron chi connectivity index (χ3n) is 6.09. The molecular weight excluding hydrogens is 494 g/mol. The lowest BCUT2D eigenvalue weighted by Crippen LogP contribution is -2.27. The Balaban J connectivity index is 1.63. The molecule has 1 aromatic heterocycles. The molecule has 1 fully saturated rings. The monoisotopic (exact) mass is 517 g/mol. The molecule has 3 heterocycles. The second-order valence-corrected chi connectivity index (χ2v) is 8.73. The van der Waals surface area contributed by atoms with Crippen LogP contribution in [0.25, 0.3) is 5.57 Å². The Labute approximate surface area is 209 Å². The maximum Gasteiger partial charge on any atom is 0.573 e. The molecule has 8 nitrogen and oxygen atoms in total. The molecule has 2 aliphatic rings. The molecule has 0 radical (unpaired) electrons. The normalized spacial score (nSPS) is 19.4. The number of dihydropyridines is 1. The third-order valence-corrected chi connectivity index (χ3v) is 6.09. The van der Waals surface area contributed by atoms with E-state index in [1.54, 1.807) is 18.3 Å². The molecule has 2 atom stereocenters. The van der Waals surface area contributed by atoms with Crippen molar-refractivity contribution in [3.8, 4) is 11.8 Å². The Morgan fingerprint density at radius 2 is 2.16 bits per heavy atom. The Bertz CT molecular complexity index is 1300. The van der Waals surface area contributed by atoms with Gasteiger partial charge in [0, 0.05) is 60.9 Å². The fraction of sp³-hybridized carbons (Fsp3) is 0.320. The first-order valence-corrected chi connectivity index (χ1v) is 11.4. The number of anilines is 2. The summed E-state index contributed by atoms with van der Waals surface area (Å²) in [6, 6.07) is 6.11. The number of pyridine rings is 1. The van der Waals surface area contributed by atoms with Gasteiger partial charge in [-0.3, -0.25) is 4.79 Å². The van der Waals surface area contributed by atoms with Gasteiger partial charge in [-0.05, 0) is 37.6 Å². The van der Waals surface area contributed by atoms with Gasteiger partial charge >= 0.3 is 6.36 Å². The minimum atomic E-state index is -5.05. The smallest absolute Gasteiger partial charge is 0.403 e. The SMILES string of the molecule is CC1NC=C(c2cc(C(=O)Nc3ccc(OC(F)(F)F)c(F)c3)cnc2N2CC[C@H](CO)C2)C=C1C#N. The lowest BCUT2D eigenvalue weighted by molar-refractivity contribution is -0.275. The van der Waals surface area contributed by atoms with Crippen molar-refractivity contribution in [2.75, 3.05) is 29.9 Å². The fourth-order valence-electron chi connectivity index (χ4n) is 4.13. The van der Waals surface area contributed by atoms with Gasteiger partial charge in [0.2, 0.25) is 0 Å². The highest BCUT2D eigenvalue weighted by Crippen LogP contribution is 2.33. The van der Waals surface area contributed by atoms with E-state index in [0.717, 1.165) is 24.6 Å². The van der Waals surface area contributed by atoms with Gasteiger partial charge in [-0.25, -0.2) is 9.37 Å². The molecule has 0 bridgehead atoms. The van der Waals surface area contributed by atoms with Crippen LogP contribution in [0.1, 0.15) is 29.3 Å². The molecule has 37 heavy (non-hydrogen) atoms. The molecule has 4 rings (SSSR count). The molecule has 1 amide bonds. The number of nitrogens with one attached hydrogen (secondary N) is 2. The van der Waals surface area contributed by atoms with Gasteiger partial charge in [0.05, 0.1) is 23.2 Å². The molecule has 2 aromatic rings. The largest absolute Gasteiger partial charge is 0.573 e. The van der Waals surface area contributed by atoms with Crippen LogP contribution in [-0.4, -0.2) is 48.1 Å². The molecule has 0 saturated carbocycles. The first-order valence-electron chi connectivity index (χ1n) is 11.4. The van der Waals surface area contributed by atoms with Crippen LogP contribution in [0.2, 0.25) is 0 Å². The lowest BCUT2D eigenvalue weighted by Gasteiger charge is -2.24. The number of rotatable bonds is 6. The van der Waals surface area contributed by atoms with Crippen LogP contribution in [0.15, 0.2) is 48.3 Å². The van der Waals surface area contributed by atoms with Crippen LogP contribution in [-0.2, 0) is 0 Å². The first kappa shape index (κ1) is 26.0. The van der Waals surface area contributed by atoms with E-state index in [-0.39, 0.29) is 29.8 Å². The Hall–Kier alpha value is -4.11. The van der Waals surface area contributed by atoms with E-state index in [1.807, 2.05) is 11.8 Å². The number of benzene rings is 1. The minimum absolute atomic E-state index is 0.0376. The number of hydrogen-bond donors (Lipinski definition) is 3. The number of carbonyl (C=O) groups is 1. The number of hydrogen-bond acceptors (Lipinski definition) is 7. The van der Waals surface area contributed by atoms with Gasteiger partial charge in [-0.1, -0.05) is 0 Å². The van der Waals surface area contributed by atoms with Crippen LogP contribution in [0.5, 0.6) is 5.75 Å². The maximum atomic E-state index is 14.1. The zero-order valence-corrected chi connectivity index (χ0v) is 19.6. The van der Waals surface area contributed by atoms with Crippen molar-refractivity contribution in [2.45, 2.75) is 25.7 Å². The topological polar surface area (TPSA) is 111 Å². The molecule has 1 unspecified atom stereocenters. The van der Waals surface area contributed by atoms with E-state index >= 15 is 0 Å². The summed E-state index contributed by atoms with van der Waals surface area (Å²) < 4.78 is 54.8. The summed E-state index contributed by atoms with van der Waals surface area (Å²) in [5, 5.41) is 24.6. The Morgan fingerprint density at radius 3 is 2.81 bits per heavy atom. The predicted octanol–water partition coefficient (Wildman–Crippen LogP) is 3.97. The summed E-state index contributed by atoms with van der Waals surface area (Å²) in [5.74, 6) is -2.32. The number of ether oxygens (including phenoxy) is 1. The van der Waals surface area contributed by atoms with Crippen LogP contribution in [0.3, 0.4) is 0 Å². The molecule has 1 saturated heterocycles. The number of amides is 1. The summed E-state index contributed by atoms with van der Waals surface area (Å²) in [5.41, 5.74) is 1.72. The van der Waals surface area contributed by atoms with Crippen molar-refractivity contribution in [3.63, 3.8) is 0 Å². The number of aromatic nitrogens is 1. The average molecular weight is 517 g/mol. The average Bonchev–Trinajstić information content (AvgIpc) is 3.34. The molecule has 3 N–H and O–H groups in total. The maximum absolute atomic E-state index is 14.1. The summed E-state index contributed by atoms with van der Waals surface area (Å²) in [7, 11) is 0. The third kappa shape index (κ3) is 6.00. The standard InChI is InChI=1S/C25H23F4N5O3/c1-14-16(9-30)6-17(10-31-14)20-7-18(11-32-23(20)34-5-4-15(12-34)13-35)24(36)33-19-2-3-22(21(26)8-19)37-25(27,28)29/h2-3,6-8,10-11,14-15,31,35H,4-5,12-13H2,1H3,(H,33,36)/t14?,15-/m0/s1. The van der Waals surface area contributed by atoms with Crippen molar-refractivity contribution < 1.29 is 32.2 Å². The number of alkyl halides is 3. The van der Waals surface area contributed by atoms with Crippen molar-refractivity contribution >= 4 is 23.0 Å². The number of nitrogens with zero attached hydrogens (tertiary/aromatic N) is 3. The van der Waals surface area contributed by atoms with Crippen LogP contribution in [0.4, 0.5) is 29.1 Å². The van der Waals surface area contributed by atoms with Crippen molar-refractivity contribution in [2.24, 2.45) is 5.92 Å². The van der Waals surface area contributed by atoms with Crippen molar-refractivity contribution in [1.82, 2.24) is 10.3 Å². The molecule has 2 aliphatic heterocycles. The Morgan fingerprint density at radius 1 is 1.38 bits per heavy atom. The molecular formula is C25H23F4N5O3. The van der Waals surface area contributed by atoms with Gasteiger partial charge in [-0.2, -0.15) is 5.26 Å². The van der Waals surface area contributed by atoms with E-state index in [4.69, 9.17) is 0 Å². The lowest BCUT2D eigenvalue weighted by atomic mass is 9.97. The molecule has 1 aromatic carbocycles. The van der Waals surface area contributed by atoms with Crippen molar-refractivity contribution in [3.05, 3.63) is 65.3 Å². The Kier molecular flexibility index (Phi) is 7.35. The van der Waals surface area contributed by atoms with E-state index in [2.05, 4.69) is 26.4 Å². The summed E-state index contributed by atoms with van der Waals surface area (Å²) in [6.45, 7) is 3.09. The summed E-state index contributed by atoms with van der Waals surface area (Å²) >= 11 is 0. The second kappa shape index (κ2) is 10.5. The first-order chi connectivity index (χ1) is 17.6. The highest BCUT2D eigenvalue weighted by Gasteiger charge is 2.32. The number of aliphatic hydroxyl groups excluding tert-OH is 1. The molecule has 12 heteroatoms. The minimum Gasteiger partial charge on any atom is -0.403 e. The van der Waals surface area contributed by atoms with E-state index in [0.29, 0.717) is 35.6 Å². The van der Waals surface area contributed by atoms with Gasteiger partial charge in [-0.15, -0.1) is 13.2 Å². The van der Waals surface area contributed by atoms with E-state index in [1.165, 1.54) is 6.20 Å². The number of carbonyl (C=O) groups excluding carboxylic acids is 1. The summed E-state index contributed by atoms with van der Waals surface area (Å²) in [4.78, 5) is 19.4. The van der Waals surface area contributed by atoms with Gasteiger partial charge in [0.1, 0.15) is 5.82 Å². The highest BCUT2D eigenvalue weighted by molar-refractivity contribution is 6.05. The summed E-state index contributed by atoms with van der Waals surface area (Å²) in [6.07, 6.45) is 0.488. The van der Waals surface area contributed by atoms with Crippen molar-refractivity contribution in [1.29, 1.82) is 5.26 Å². The number of allylic oxidation sites excluding steroid dienone is 2. The molecule has 0 spiro atoms. The molecule has 0 aliphatic carbocycles. The highest BCUT2D eigenvalue weighted by atomic mass is 19.4. The van der Waals surface area contributed by atoms with E-state index in [9.17, 15) is 32.7 Å². The number of halogens is 4. The predicted molar refractivity (Wildman–Crippen MR) is 127 cm³/mol. The number of aliphatic hydroxyl groups is 1.